The Hall–Kier alpha value is -1.92. The summed E-state index contributed by atoms with van der Waals surface area (Å²) in [5, 5.41) is 9.91. The van der Waals surface area contributed by atoms with Gasteiger partial charge >= 0.3 is 0 Å². The third kappa shape index (κ3) is 2.96. The summed E-state index contributed by atoms with van der Waals surface area (Å²) in [5.41, 5.74) is 1.86. The van der Waals surface area contributed by atoms with Crippen LogP contribution in [0.2, 0.25) is 0 Å². The summed E-state index contributed by atoms with van der Waals surface area (Å²) in [4.78, 5) is 18.9. The van der Waals surface area contributed by atoms with Crippen molar-refractivity contribution in [3.8, 4) is 0 Å². The maximum absolute atomic E-state index is 12.7. The van der Waals surface area contributed by atoms with E-state index in [0.29, 0.717) is 6.61 Å². The summed E-state index contributed by atoms with van der Waals surface area (Å²) in [6, 6.07) is 7.56. The molecule has 1 aliphatic rings. The summed E-state index contributed by atoms with van der Waals surface area (Å²) in [6.45, 7) is 5.02. The van der Waals surface area contributed by atoms with Gasteiger partial charge in [-0.15, -0.1) is 0 Å². The van der Waals surface area contributed by atoms with Gasteiger partial charge in [0.1, 0.15) is 12.4 Å². The Balaban J connectivity index is 1.88. The lowest BCUT2D eigenvalue weighted by Gasteiger charge is -2.26. The number of carbonyl (C=O) groups is 1. The van der Waals surface area contributed by atoms with Crippen LogP contribution in [0.4, 0.5) is 0 Å². The van der Waals surface area contributed by atoms with Gasteiger partial charge < -0.3 is 19.3 Å². The van der Waals surface area contributed by atoms with Crippen molar-refractivity contribution < 1.29 is 14.6 Å². The number of aliphatic hydroxyl groups is 1. The van der Waals surface area contributed by atoms with Gasteiger partial charge in [0.25, 0.3) is 0 Å². The molecule has 1 aliphatic heterocycles. The topological polar surface area (TPSA) is 67.6 Å². The number of fused-ring (bicyclic) bond motifs is 1. The number of likely N-dealkylation sites (N-methyl/N-ethyl adjacent to an activating group) is 1. The third-order valence-electron chi connectivity index (χ3n) is 4.41. The van der Waals surface area contributed by atoms with Crippen LogP contribution in [0.1, 0.15) is 25.6 Å². The fourth-order valence-electron chi connectivity index (χ4n) is 3.03. The van der Waals surface area contributed by atoms with Gasteiger partial charge in [-0.25, -0.2) is 4.98 Å². The second-order valence-electron chi connectivity index (χ2n) is 6.38. The van der Waals surface area contributed by atoms with Gasteiger partial charge in [0.05, 0.1) is 36.4 Å². The van der Waals surface area contributed by atoms with Crippen molar-refractivity contribution in [3.05, 3.63) is 30.1 Å². The fourth-order valence-corrected chi connectivity index (χ4v) is 3.03. The summed E-state index contributed by atoms with van der Waals surface area (Å²) >= 11 is 0. The highest BCUT2D eigenvalue weighted by Gasteiger charge is 2.32. The summed E-state index contributed by atoms with van der Waals surface area (Å²) in [7, 11) is 1.72. The Morgan fingerprint density at radius 3 is 2.83 bits per heavy atom. The summed E-state index contributed by atoms with van der Waals surface area (Å²) in [5.74, 6) is 1.07. The molecule has 2 heterocycles. The zero-order chi connectivity index (χ0) is 16.6. The number of amides is 1. The van der Waals surface area contributed by atoms with Crippen LogP contribution in [-0.4, -0.2) is 57.9 Å². The van der Waals surface area contributed by atoms with E-state index in [4.69, 9.17) is 4.74 Å². The number of ether oxygens (including phenoxy) is 1. The first kappa shape index (κ1) is 16.0. The Morgan fingerprint density at radius 1 is 1.43 bits per heavy atom. The maximum atomic E-state index is 12.7. The van der Waals surface area contributed by atoms with Crippen LogP contribution in [-0.2, 0) is 16.1 Å². The second-order valence-corrected chi connectivity index (χ2v) is 6.38. The molecule has 2 atom stereocenters. The van der Waals surface area contributed by atoms with Crippen molar-refractivity contribution in [1.82, 2.24) is 14.5 Å². The number of carbonyl (C=O) groups excluding carboxylic acids is 1. The number of nitrogens with zero attached hydrogens (tertiary/aromatic N) is 3. The van der Waals surface area contributed by atoms with Gasteiger partial charge in [0, 0.05) is 13.0 Å². The van der Waals surface area contributed by atoms with E-state index in [-0.39, 0.29) is 31.0 Å². The standard InChI is InChI=1S/C17H23N3O3/c1-11(2)17-18-12-6-4-5-7-13(12)20(17)8-16(22)19(3)14-9-23-10-15(14)21/h4-7,11,14-15,21H,8-10H2,1-3H3/t14-,15-/m0/s1. The van der Waals surface area contributed by atoms with Crippen LogP contribution in [0.15, 0.2) is 24.3 Å². The predicted octanol–water partition coefficient (Wildman–Crippen LogP) is 1.38. The molecular weight excluding hydrogens is 294 g/mol. The molecule has 6 nitrogen and oxygen atoms in total. The van der Waals surface area contributed by atoms with Crippen LogP contribution in [0, 0.1) is 0 Å². The Kier molecular flexibility index (Phi) is 4.37. The van der Waals surface area contributed by atoms with E-state index in [2.05, 4.69) is 18.8 Å². The summed E-state index contributed by atoms with van der Waals surface area (Å²) < 4.78 is 7.22. The average molecular weight is 317 g/mol. The molecule has 1 amide bonds. The minimum Gasteiger partial charge on any atom is -0.388 e. The first-order valence-electron chi connectivity index (χ1n) is 7.95. The van der Waals surface area contributed by atoms with E-state index < -0.39 is 6.10 Å². The zero-order valence-corrected chi connectivity index (χ0v) is 13.8. The van der Waals surface area contributed by atoms with E-state index in [9.17, 15) is 9.90 Å². The molecule has 1 fully saturated rings. The van der Waals surface area contributed by atoms with Crippen molar-refractivity contribution in [2.75, 3.05) is 20.3 Å². The normalized spacial score (nSPS) is 21.3. The molecular formula is C17H23N3O3. The van der Waals surface area contributed by atoms with Crippen LogP contribution < -0.4 is 0 Å². The van der Waals surface area contributed by atoms with Gasteiger partial charge in [-0.05, 0) is 12.1 Å². The monoisotopic (exact) mass is 317 g/mol. The molecule has 6 heteroatoms. The Bertz CT molecular complexity index is 710. The lowest BCUT2D eigenvalue weighted by atomic mass is 10.2. The molecule has 2 aromatic rings. The van der Waals surface area contributed by atoms with Gasteiger partial charge in [-0.3, -0.25) is 4.79 Å². The molecule has 1 aromatic carbocycles. The molecule has 0 unspecified atom stereocenters. The average Bonchev–Trinajstić information content (AvgIpc) is 3.11. The molecule has 23 heavy (non-hydrogen) atoms. The molecule has 1 N–H and O–H groups in total. The first-order chi connectivity index (χ1) is 11.0. The van der Waals surface area contributed by atoms with Crippen molar-refractivity contribution >= 4 is 16.9 Å². The SMILES string of the molecule is CC(C)c1nc2ccccc2n1CC(=O)N(C)[C@H]1COC[C@@H]1O. The molecule has 1 aromatic heterocycles. The van der Waals surface area contributed by atoms with Gasteiger partial charge in [-0.1, -0.05) is 26.0 Å². The molecule has 1 saturated heterocycles. The highest BCUT2D eigenvalue weighted by atomic mass is 16.5. The third-order valence-corrected chi connectivity index (χ3v) is 4.41. The Morgan fingerprint density at radius 2 is 2.17 bits per heavy atom. The van der Waals surface area contributed by atoms with Crippen LogP contribution in [0.3, 0.4) is 0 Å². The lowest BCUT2D eigenvalue weighted by molar-refractivity contribution is -0.134. The van der Waals surface area contributed by atoms with E-state index in [0.717, 1.165) is 16.9 Å². The minimum atomic E-state index is -0.618. The minimum absolute atomic E-state index is 0.0513. The van der Waals surface area contributed by atoms with Gasteiger partial charge in [-0.2, -0.15) is 0 Å². The molecule has 124 valence electrons. The van der Waals surface area contributed by atoms with Crippen LogP contribution in [0.25, 0.3) is 11.0 Å². The number of hydrogen-bond acceptors (Lipinski definition) is 4. The lowest BCUT2D eigenvalue weighted by Crippen LogP contribution is -2.45. The maximum Gasteiger partial charge on any atom is 0.242 e. The highest BCUT2D eigenvalue weighted by molar-refractivity contribution is 5.81. The van der Waals surface area contributed by atoms with Crippen molar-refractivity contribution in [2.45, 2.75) is 38.5 Å². The molecule has 0 bridgehead atoms. The number of imidazole rings is 1. The number of aliphatic hydroxyl groups excluding tert-OH is 1. The Labute approximate surface area is 135 Å². The van der Waals surface area contributed by atoms with Crippen molar-refractivity contribution in [2.24, 2.45) is 0 Å². The van der Waals surface area contributed by atoms with E-state index >= 15 is 0 Å². The van der Waals surface area contributed by atoms with Gasteiger partial charge in [0.15, 0.2) is 0 Å². The molecule has 0 radical (unpaired) electrons. The van der Waals surface area contributed by atoms with Crippen molar-refractivity contribution in [3.63, 3.8) is 0 Å². The predicted molar refractivity (Wildman–Crippen MR) is 87.2 cm³/mol. The summed E-state index contributed by atoms with van der Waals surface area (Å²) in [6.07, 6.45) is -0.618. The number of aromatic nitrogens is 2. The number of para-hydroxylation sites is 2. The van der Waals surface area contributed by atoms with E-state index in [1.54, 1.807) is 11.9 Å². The molecule has 0 aliphatic carbocycles. The smallest absolute Gasteiger partial charge is 0.242 e. The van der Waals surface area contributed by atoms with E-state index in [1.807, 2.05) is 28.8 Å². The highest BCUT2D eigenvalue weighted by Crippen LogP contribution is 2.22. The number of rotatable bonds is 4. The number of hydrogen-bond donors (Lipinski definition) is 1. The molecule has 0 saturated carbocycles. The van der Waals surface area contributed by atoms with Crippen LogP contribution in [0.5, 0.6) is 0 Å². The molecule has 3 rings (SSSR count). The van der Waals surface area contributed by atoms with Gasteiger partial charge in [0.2, 0.25) is 5.91 Å². The molecule has 0 spiro atoms. The quantitative estimate of drug-likeness (QED) is 0.925. The van der Waals surface area contributed by atoms with Crippen molar-refractivity contribution in [1.29, 1.82) is 0 Å². The second kappa shape index (κ2) is 6.29. The number of benzene rings is 1. The first-order valence-corrected chi connectivity index (χ1v) is 7.95. The zero-order valence-electron chi connectivity index (χ0n) is 13.8. The largest absolute Gasteiger partial charge is 0.388 e. The fraction of sp³-hybridized carbons (Fsp3) is 0.529. The van der Waals surface area contributed by atoms with Crippen LogP contribution >= 0.6 is 0 Å². The van der Waals surface area contributed by atoms with E-state index in [1.165, 1.54) is 0 Å².